The molecule has 13 heavy (non-hydrogen) atoms. The van der Waals surface area contributed by atoms with Crippen LogP contribution >= 0.6 is 0 Å². The lowest BCUT2D eigenvalue weighted by Gasteiger charge is -1.94. The van der Waals surface area contributed by atoms with Gasteiger partial charge in [0.15, 0.2) is 0 Å². The maximum atomic E-state index is 11.9. The van der Waals surface area contributed by atoms with Crippen LogP contribution in [0.2, 0.25) is 0 Å². The summed E-state index contributed by atoms with van der Waals surface area (Å²) < 4.78 is 28.4. The maximum Gasteiger partial charge on any atom is 0.375 e. The molecule has 72 valence electrons. The lowest BCUT2D eigenvalue weighted by molar-refractivity contribution is 0.0512. The fraction of sp³-hybridized carbons (Fsp3) is 0.500. The van der Waals surface area contributed by atoms with Gasteiger partial charge in [0, 0.05) is 0 Å². The third-order valence-corrected chi connectivity index (χ3v) is 1.17. The minimum atomic E-state index is -2.79. The van der Waals surface area contributed by atoms with Crippen molar-refractivity contribution in [2.75, 3.05) is 6.61 Å². The Balaban J connectivity index is 2.73. The molecule has 1 aromatic rings. The van der Waals surface area contributed by atoms with Crippen LogP contribution in [0.4, 0.5) is 8.78 Å². The van der Waals surface area contributed by atoms with Gasteiger partial charge in [-0.1, -0.05) is 0 Å². The molecule has 0 aliphatic carbocycles. The van der Waals surface area contributed by atoms with Gasteiger partial charge >= 0.3 is 5.97 Å². The van der Waals surface area contributed by atoms with Crippen molar-refractivity contribution in [3.63, 3.8) is 0 Å². The van der Waals surface area contributed by atoms with Crippen molar-refractivity contribution in [3.05, 3.63) is 11.6 Å². The van der Waals surface area contributed by atoms with Crippen LogP contribution in [0.1, 0.15) is 29.8 Å². The Morgan fingerprint density at radius 2 is 2.38 bits per heavy atom. The number of nitrogens with one attached hydrogen (secondary N) is 1. The Hall–Kier alpha value is -1.53. The van der Waals surface area contributed by atoms with Crippen LogP contribution < -0.4 is 0 Å². The molecule has 5 nitrogen and oxygen atoms in total. The minimum Gasteiger partial charge on any atom is -0.460 e. The fourth-order valence-electron chi connectivity index (χ4n) is 0.663. The van der Waals surface area contributed by atoms with Gasteiger partial charge in [-0.2, -0.15) is 10.1 Å². The second kappa shape index (κ2) is 3.92. The normalized spacial score (nSPS) is 10.5. The van der Waals surface area contributed by atoms with Crippen LogP contribution in [0.5, 0.6) is 0 Å². The van der Waals surface area contributed by atoms with Crippen LogP contribution in [0.25, 0.3) is 0 Å². The lowest BCUT2D eigenvalue weighted by Crippen LogP contribution is -2.06. The van der Waals surface area contributed by atoms with E-state index in [4.69, 9.17) is 0 Å². The molecule has 1 N–H and O–H groups in total. The van der Waals surface area contributed by atoms with E-state index >= 15 is 0 Å². The molecule has 1 aromatic heterocycles. The van der Waals surface area contributed by atoms with Crippen LogP contribution in [0, 0.1) is 0 Å². The summed E-state index contributed by atoms with van der Waals surface area (Å²) >= 11 is 0. The molecule has 0 atom stereocenters. The smallest absolute Gasteiger partial charge is 0.375 e. The number of hydrogen-bond donors (Lipinski definition) is 1. The van der Waals surface area contributed by atoms with E-state index in [9.17, 15) is 13.6 Å². The van der Waals surface area contributed by atoms with Gasteiger partial charge in [-0.25, -0.2) is 13.6 Å². The highest BCUT2D eigenvalue weighted by Crippen LogP contribution is 2.12. The Morgan fingerprint density at radius 3 is 2.85 bits per heavy atom. The molecule has 0 aromatic carbocycles. The van der Waals surface area contributed by atoms with Gasteiger partial charge in [0.1, 0.15) is 0 Å². The third kappa shape index (κ3) is 2.20. The van der Waals surface area contributed by atoms with Crippen LogP contribution in [-0.2, 0) is 4.74 Å². The van der Waals surface area contributed by atoms with Crippen molar-refractivity contribution in [1.82, 2.24) is 15.2 Å². The number of rotatable bonds is 3. The van der Waals surface area contributed by atoms with E-state index in [0.717, 1.165) is 0 Å². The standard InChI is InChI=1S/C6H7F2N3O2/c1-2-13-6(12)5-9-4(3(7)8)10-11-5/h3H,2H2,1H3,(H,9,10,11). The highest BCUT2D eigenvalue weighted by Gasteiger charge is 2.17. The quantitative estimate of drug-likeness (QED) is 0.721. The summed E-state index contributed by atoms with van der Waals surface area (Å²) in [6.07, 6.45) is -2.79. The number of carbonyl (C=O) groups excluding carboxylic acids is 1. The monoisotopic (exact) mass is 191 g/mol. The molecule has 1 rings (SSSR count). The van der Waals surface area contributed by atoms with Crippen molar-refractivity contribution in [2.24, 2.45) is 0 Å². The molecule has 0 aliphatic rings. The van der Waals surface area contributed by atoms with Crippen molar-refractivity contribution >= 4 is 5.97 Å². The molecule has 0 saturated carbocycles. The van der Waals surface area contributed by atoms with E-state index in [2.05, 4.69) is 19.9 Å². The van der Waals surface area contributed by atoms with E-state index in [1.54, 1.807) is 6.92 Å². The molecule has 7 heteroatoms. The molecule has 0 fully saturated rings. The highest BCUT2D eigenvalue weighted by molar-refractivity contribution is 5.84. The summed E-state index contributed by atoms with van der Waals surface area (Å²) in [6.45, 7) is 1.76. The Bertz CT molecular complexity index is 300. The summed E-state index contributed by atoms with van der Waals surface area (Å²) in [7, 11) is 0. The van der Waals surface area contributed by atoms with E-state index < -0.39 is 18.2 Å². The predicted octanol–water partition coefficient (Wildman–Crippen LogP) is 0.919. The zero-order valence-electron chi connectivity index (χ0n) is 6.75. The van der Waals surface area contributed by atoms with E-state index in [0.29, 0.717) is 0 Å². The summed E-state index contributed by atoms with van der Waals surface area (Å²) in [5.41, 5.74) is 0. The number of nitrogens with zero attached hydrogens (tertiary/aromatic N) is 2. The molecule has 0 saturated heterocycles. The molecule has 0 amide bonds. The number of halogens is 2. The topological polar surface area (TPSA) is 67.9 Å². The van der Waals surface area contributed by atoms with Gasteiger partial charge in [0.2, 0.25) is 11.6 Å². The van der Waals surface area contributed by atoms with Gasteiger partial charge in [-0.05, 0) is 6.92 Å². The molecule has 0 bridgehead atoms. The van der Waals surface area contributed by atoms with Gasteiger partial charge in [0.05, 0.1) is 6.61 Å². The second-order valence-electron chi connectivity index (χ2n) is 2.06. The number of carbonyl (C=O) groups is 1. The highest BCUT2D eigenvalue weighted by atomic mass is 19.3. The van der Waals surface area contributed by atoms with Crippen LogP contribution in [0.15, 0.2) is 0 Å². The van der Waals surface area contributed by atoms with Gasteiger partial charge in [-0.15, -0.1) is 0 Å². The van der Waals surface area contributed by atoms with Gasteiger partial charge in [-0.3, -0.25) is 5.10 Å². The molecular weight excluding hydrogens is 184 g/mol. The number of aromatic nitrogens is 3. The summed E-state index contributed by atoms with van der Waals surface area (Å²) in [5, 5.41) is 5.19. The average Bonchev–Trinajstić information content (AvgIpc) is 2.52. The maximum absolute atomic E-state index is 11.9. The summed E-state index contributed by atoms with van der Waals surface area (Å²) in [4.78, 5) is 14.1. The molecule has 0 radical (unpaired) electrons. The predicted molar refractivity (Wildman–Crippen MR) is 37.3 cm³/mol. The zero-order valence-corrected chi connectivity index (χ0v) is 6.75. The molecule has 0 spiro atoms. The Labute approximate surface area is 72.1 Å². The van der Waals surface area contributed by atoms with Crippen molar-refractivity contribution in [1.29, 1.82) is 0 Å². The van der Waals surface area contributed by atoms with Crippen molar-refractivity contribution in [2.45, 2.75) is 13.3 Å². The van der Waals surface area contributed by atoms with E-state index in [1.807, 2.05) is 0 Å². The number of esters is 1. The average molecular weight is 191 g/mol. The molecule has 1 heterocycles. The molecular formula is C6H7F2N3O2. The first-order valence-electron chi connectivity index (χ1n) is 3.52. The molecule has 0 aliphatic heterocycles. The number of alkyl halides is 2. The molecule has 0 unspecified atom stereocenters. The second-order valence-corrected chi connectivity index (χ2v) is 2.06. The number of hydrogen-bond acceptors (Lipinski definition) is 4. The van der Waals surface area contributed by atoms with Crippen LogP contribution in [0.3, 0.4) is 0 Å². The number of H-pyrrole nitrogens is 1. The zero-order chi connectivity index (χ0) is 9.84. The summed E-state index contributed by atoms with van der Waals surface area (Å²) in [5.74, 6) is -1.80. The first kappa shape index (κ1) is 9.56. The first-order valence-corrected chi connectivity index (χ1v) is 3.52. The van der Waals surface area contributed by atoms with E-state index in [1.165, 1.54) is 0 Å². The van der Waals surface area contributed by atoms with Crippen LogP contribution in [-0.4, -0.2) is 27.8 Å². The number of ether oxygens (including phenoxy) is 1. The van der Waals surface area contributed by atoms with Gasteiger partial charge in [0.25, 0.3) is 6.43 Å². The van der Waals surface area contributed by atoms with Gasteiger partial charge < -0.3 is 4.74 Å². The Morgan fingerprint density at radius 1 is 1.69 bits per heavy atom. The van der Waals surface area contributed by atoms with E-state index in [-0.39, 0.29) is 12.4 Å². The number of aromatic amines is 1. The lowest BCUT2D eigenvalue weighted by atomic mass is 10.6. The Kier molecular flexibility index (Phi) is 2.88. The largest absolute Gasteiger partial charge is 0.460 e. The van der Waals surface area contributed by atoms with Crippen molar-refractivity contribution < 1.29 is 18.3 Å². The summed E-state index contributed by atoms with van der Waals surface area (Å²) in [6, 6.07) is 0. The first-order chi connectivity index (χ1) is 6.15. The SMILES string of the molecule is CCOC(=O)c1nc(C(F)F)n[nH]1. The fourth-order valence-corrected chi connectivity index (χ4v) is 0.663. The third-order valence-electron chi connectivity index (χ3n) is 1.17. The minimum absolute atomic E-state index is 0.156. The van der Waals surface area contributed by atoms with Crippen molar-refractivity contribution in [3.8, 4) is 0 Å².